The Morgan fingerprint density at radius 1 is 0.270 bits per heavy atom. The maximum Gasteiger partial charge on any atom is 0.306 e. The Morgan fingerprint density at radius 2 is 0.473 bits per heavy atom. The molecule has 0 aromatic carbocycles. The number of ether oxygens (including phenoxy) is 3. The summed E-state index contributed by atoms with van der Waals surface area (Å²) in [5.41, 5.74) is 0. The molecule has 3 atom stereocenters. The number of esters is 3. The highest BCUT2D eigenvalue weighted by molar-refractivity contribution is 5.71. The van der Waals surface area contributed by atoms with E-state index < -0.39 is 6.10 Å². The molecule has 0 fully saturated rings. The second-order valence-corrected chi connectivity index (χ2v) is 23.9. The fraction of sp³-hybridized carbons (Fsp3) is 0.956. The van der Waals surface area contributed by atoms with Gasteiger partial charge in [-0.3, -0.25) is 14.4 Å². The van der Waals surface area contributed by atoms with Gasteiger partial charge < -0.3 is 14.2 Å². The molecule has 0 aliphatic carbocycles. The molecule has 2 unspecified atom stereocenters. The lowest BCUT2D eigenvalue weighted by Gasteiger charge is -2.18. The molecule has 0 radical (unpaired) electrons. The number of hydrogen-bond acceptors (Lipinski definition) is 6. The van der Waals surface area contributed by atoms with Crippen molar-refractivity contribution in [3.05, 3.63) is 0 Å². The van der Waals surface area contributed by atoms with Crippen molar-refractivity contribution in [2.75, 3.05) is 13.2 Å². The van der Waals surface area contributed by atoms with Crippen LogP contribution >= 0.6 is 0 Å². The summed E-state index contributed by atoms with van der Waals surface area (Å²) in [5, 5.41) is 0. The molecule has 0 aliphatic heterocycles. The average Bonchev–Trinajstić information content (AvgIpc) is 3.40. The number of hydrogen-bond donors (Lipinski definition) is 0. The van der Waals surface area contributed by atoms with Gasteiger partial charge in [-0.2, -0.15) is 0 Å². The van der Waals surface area contributed by atoms with Crippen molar-refractivity contribution in [1.82, 2.24) is 0 Å². The molecule has 0 heterocycles. The predicted octanol–water partition coefficient (Wildman–Crippen LogP) is 22.8. The van der Waals surface area contributed by atoms with Crippen molar-refractivity contribution >= 4 is 17.9 Å². The fourth-order valence-electron chi connectivity index (χ4n) is 10.6. The van der Waals surface area contributed by atoms with Crippen LogP contribution in [0.4, 0.5) is 0 Å². The van der Waals surface area contributed by atoms with Crippen LogP contribution in [0.2, 0.25) is 0 Å². The third kappa shape index (κ3) is 58.1. The van der Waals surface area contributed by atoms with E-state index in [1.54, 1.807) is 0 Å². The van der Waals surface area contributed by atoms with E-state index in [4.69, 9.17) is 14.2 Å². The van der Waals surface area contributed by atoms with Crippen LogP contribution < -0.4 is 0 Å². The van der Waals surface area contributed by atoms with Gasteiger partial charge in [-0.25, -0.2) is 0 Å². The van der Waals surface area contributed by atoms with Crippen LogP contribution in [0.3, 0.4) is 0 Å². The highest BCUT2D eigenvalue weighted by Crippen LogP contribution is 2.20. The highest BCUT2D eigenvalue weighted by atomic mass is 16.6. The minimum atomic E-state index is -0.764. The van der Waals surface area contributed by atoms with E-state index in [0.717, 1.165) is 69.6 Å². The van der Waals surface area contributed by atoms with E-state index in [1.807, 2.05) is 0 Å². The van der Waals surface area contributed by atoms with E-state index in [1.165, 1.54) is 276 Å². The van der Waals surface area contributed by atoms with E-state index in [0.29, 0.717) is 19.3 Å². The summed E-state index contributed by atoms with van der Waals surface area (Å²) in [7, 11) is 0. The van der Waals surface area contributed by atoms with Crippen molar-refractivity contribution in [2.45, 2.75) is 394 Å². The van der Waals surface area contributed by atoms with Crippen LogP contribution in [0.25, 0.3) is 0 Å². The number of rotatable bonds is 62. The molecule has 0 aliphatic rings. The Hall–Kier alpha value is -1.59. The summed E-state index contributed by atoms with van der Waals surface area (Å²) in [6.45, 7) is 11.5. The van der Waals surface area contributed by atoms with Gasteiger partial charge in [-0.05, 0) is 31.1 Å². The summed E-state index contributed by atoms with van der Waals surface area (Å²) < 4.78 is 17.0. The smallest absolute Gasteiger partial charge is 0.306 e. The van der Waals surface area contributed by atoms with Gasteiger partial charge in [0.05, 0.1) is 0 Å². The first-order valence-corrected chi connectivity index (χ1v) is 33.8. The fourth-order valence-corrected chi connectivity index (χ4v) is 10.6. The minimum absolute atomic E-state index is 0.0614. The van der Waals surface area contributed by atoms with Gasteiger partial charge in [-0.15, -0.1) is 0 Å². The topological polar surface area (TPSA) is 78.9 Å². The highest BCUT2D eigenvalue weighted by Gasteiger charge is 2.20. The third-order valence-corrected chi connectivity index (χ3v) is 16.4. The zero-order valence-corrected chi connectivity index (χ0v) is 51.0. The van der Waals surface area contributed by atoms with E-state index in [2.05, 4.69) is 34.6 Å². The standard InChI is InChI=1S/C68H132O6/c1-6-9-10-11-12-13-14-15-16-22-30-35-40-45-50-55-60-68(71)74-65(62-73-67(70)59-54-49-44-39-34-29-25-24-27-32-37-42-47-52-57-64(5)8-3)61-72-66(69)58-53-48-43-38-33-28-23-20-18-17-19-21-26-31-36-41-46-51-56-63(4)7-2/h63-65H,6-62H2,1-5H3/t63?,64?,65-/m0/s1. The Balaban J connectivity index is 4.26. The van der Waals surface area contributed by atoms with Gasteiger partial charge in [0.1, 0.15) is 13.2 Å². The number of carbonyl (C=O) groups is 3. The van der Waals surface area contributed by atoms with Gasteiger partial charge in [0.2, 0.25) is 0 Å². The van der Waals surface area contributed by atoms with E-state index >= 15 is 0 Å². The largest absolute Gasteiger partial charge is 0.462 e. The van der Waals surface area contributed by atoms with Gasteiger partial charge in [0, 0.05) is 19.3 Å². The molecular weight excluding hydrogens is 913 g/mol. The van der Waals surface area contributed by atoms with Crippen molar-refractivity contribution in [3.8, 4) is 0 Å². The summed E-state index contributed by atoms with van der Waals surface area (Å²) in [6, 6.07) is 0. The SMILES string of the molecule is CCCCCCCCCCCCCCCCCCC(=O)O[C@@H](COC(=O)CCCCCCCCCCCCCCCCCCCCC(C)CC)COC(=O)CCCCCCCCCCCCCCCCC(C)CC. The molecule has 0 bridgehead atoms. The molecule has 0 aromatic heterocycles. The van der Waals surface area contributed by atoms with Crippen molar-refractivity contribution in [3.63, 3.8) is 0 Å². The van der Waals surface area contributed by atoms with Crippen molar-refractivity contribution in [1.29, 1.82) is 0 Å². The maximum atomic E-state index is 12.9. The second kappa shape index (κ2) is 60.6. The number of unbranched alkanes of at least 4 members (excludes halogenated alkanes) is 45. The lowest BCUT2D eigenvalue weighted by molar-refractivity contribution is -0.167. The van der Waals surface area contributed by atoms with Crippen molar-refractivity contribution in [2.24, 2.45) is 11.8 Å². The van der Waals surface area contributed by atoms with Crippen LogP contribution in [0.15, 0.2) is 0 Å². The summed E-state index contributed by atoms with van der Waals surface area (Å²) in [6.07, 6.45) is 68.1. The molecule has 6 nitrogen and oxygen atoms in total. The third-order valence-electron chi connectivity index (χ3n) is 16.4. The molecule has 74 heavy (non-hydrogen) atoms. The lowest BCUT2D eigenvalue weighted by atomic mass is 9.99. The zero-order valence-electron chi connectivity index (χ0n) is 51.0. The van der Waals surface area contributed by atoms with Gasteiger partial charge >= 0.3 is 17.9 Å². The van der Waals surface area contributed by atoms with Crippen LogP contribution in [-0.4, -0.2) is 37.2 Å². The second-order valence-electron chi connectivity index (χ2n) is 23.9. The Morgan fingerprint density at radius 3 is 0.703 bits per heavy atom. The van der Waals surface area contributed by atoms with Gasteiger partial charge in [0.25, 0.3) is 0 Å². The normalized spacial score (nSPS) is 12.8. The molecule has 0 spiro atoms. The predicted molar refractivity (Wildman–Crippen MR) is 321 cm³/mol. The first-order chi connectivity index (χ1) is 36.3. The van der Waals surface area contributed by atoms with Gasteiger partial charge in [0.15, 0.2) is 6.10 Å². The molecule has 0 aromatic rings. The van der Waals surface area contributed by atoms with Crippen LogP contribution in [0.1, 0.15) is 388 Å². The van der Waals surface area contributed by atoms with Gasteiger partial charge in [-0.1, -0.05) is 349 Å². The first kappa shape index (κ1) is 72.4. The molecular formula is C68H132O6. The molecule has 440 valence electrons. The summed E-state index contributed by atoms with van der Waals surface area (Å²) in [5.74, 6) is 0.979. The van der Waals surface area contributed by atoms with Crippen LogP contribution in [0, 0.1) is 11.8 Å². The molecule has 0 rings (SSSR count). The Labute approximate surface area is 463 Å². The van der Waals surface area contributed by atoms with Crippen LogP contribution in [-0.2, 0) is 28.6 Å². The molecule has 0 saturated carbocycles. The molecule has 0 saturated heterocycles. The summed E-state index contributed by atoms with van der Waals surface area (Å²) in [4.78, 5) is 38.4. The minimum Gasteiger partial charge on any atom is -0.462 e. The molecule has 0 N–H and O–H groups in total. The Kier molecular flexibility index (Phi) is 59.3. The van der Waals surface area contributed by atoms with Crippen LogP contribution in [0.5, 0.6) is 0 Å². The molecule has 6 heteroatoms. The maximum absolute atomic E-state index is 12.9. The first-order valence-electron chi connectivity index (χ1n) is 33.8. The molecule has 0 amide bonds. The lowest BCUT2D eigenvalue weighted by Crippen LogP contribution is -2.30. The quantitative estimate of drug-likeness (QED) is 0.0343. The average molecular weight is 1050 g/mol. The zero-order chi connectivity index (χ0) is 53.9. The van der Waals surface area contributed by atoms with E-state index in [9.17, 15) is 14.4 Å². The monoisotopic (exact) mass is 1050 g/mol. The van der Waals surface area contributed by atoms with E-state index in [-0.39, 0.29) is 31.1 Å². The van der Waals surface area contributed by atoms with Crippen molar-refractivity contribution < 1.29 is 28.6 Å². The summed E-state index contributed by atoms with van der Waals surface area (Å²) >= 11 is 0. The Bertz CT molecular complexity index is 1140. The number of carbonyl (C=O) groups excluding carboxylic acids is 3.